The van der Waals surface area contributed by atoms with Gasteiger partial charge in [-0.1, -0.05) is 6.07 Å². The third-order valence-corrected chi connectivity index (χ3v) is 2.22. The van der Waals surface area contributed by atoms with Crippen molar-refractivity contribution in [1.29, 1.82) is 0 Å². The van der Waals surface area contributed by atoms with Gasteiger partial charge in [-0.25, -0.2) is 0 Å². The minimum absolute atomic E-state index is 0.0130. The molecular weight excluding hydrogens is 268 g/mol. The molecule has 99 valence electrons. The van der Waals surface area contributed by atoms with Crippen molar-refractivity contribution in [2.24, 2.45) is 0 Å². The van der Waals surface area contributed by atoms with Crippen LogP contribution in [0.2, 0.25) is 0 Å². The Hall–Kier alpha value is -2.15. The molecular formula is C12H11O6Si. The fourth-order valence-corrected chi connectivity index (χ4v) is 1.51. The predicted octanol–water partition coefficient (Wildman–Crippen LogP) is 0.256. The summed E-state index contributed by atoms with van der Waals surface area (Å²) >= 11 is 0. The summed E-state index contributed by atoms with van der Waals surface area (Å²) in [6, 6.07) is 2.91. The Morgan fingerprint density at radius 3 is 1.79 bits per heavy atom. The predicted molar refractivity (Wildman–Crippen MR) is 65.8 cm³/mol. The Bertz CT molecular complexity index is 537. The smallest absolute Gasteiger partial charge is 0.308 e. The topological polar surface area (TPSA) is 78.9 Å². The van der Waals surface area contributed by atoms with Crippen LogP contribution < -0.4 is 19.4 Å². The molecule has 0 spiro atoms. The Labute approximate surface area is 113 Å². The molecule has 0 aliphatic carbocycles. The Morgan fingerprint density at radius 2 is 1.32 bits per heavy atom. The Morgan fingerprint density at radius 1 is 0.842 bits per heavy atom. The number of carbonyl (C=O) groups is 3. The average Bonchev–Trinajstić information content (AvgIpc) is 2.25. The third-order valence-electron chi connectivity index (χ3n) is 1.82. The Kier molecular flexibility index (Phi) is 4.82. The number of benzene rings is 1. The van der Waals surface area contributed by atoms with Crippen molar-refractivity contribution in [3.05, 3.63) is 12.1 Å². The number of hydrogen-bond donors (Lipinski definition) is 0. The van der Waals surface area contributed by atoms with Crippen LogP contribution in [-0.2, 0) is 14.4 Å². The van der Waals surface area contributed by atoms with Crippen LogP contribution in [0.15, 0.2) is 12.1 Å². The molecule has 0 fully saturated rings. The first-order valence-corrected chi connectivity index (χ1v) is 5.75. The maximum atomic E-state index is 11.1. The van der Waals surface area contributed by atoms with Crippen molar-refractivity contribution in [3.63, 3.8) is 0 Å². The summed E-state index contributed by atoms with van der Waals surface area (Å²) in [5, 5.41) is 0.377. The highest BCUT2D eigenvalue weighted by molar-refractivity contribution is 6.34. The van der Waals surface area contributed by atoms with Gasteiger partial charge in [-0.15, -0.1) is 0 Å². The summed E-state index contributed by atoms with van der Waals surface area (Å²) in [6.45, 7) is 3.57. The van der Waals surface area contributed by atoms with Crippen LogP contribution in [0.1, 0.15) is 20.8 Å². The lowest BCUT2D eigenvalue weighted by atomic mass is 10.3. The van der Waals surface area contributed by atoms with Gasteiger partial charge >= 0.3 is 17.9 Å². The van der Waals surface area contributed by atoms with E-state index in [2.05, 4.69) is 10.2 Å². The van der Waals surface area contributed by atoms with Gasteiger partial charge in [0.1, 0.15) is 0 Å². The first kappa shape index (κ1) is 14.9. The lowest BCUT2D eigenvalue weighted by Gasteiger charge is -2.14. The zero-order chi connectivity index (χ0) is 14.6. The molecule has 0 aliphatic rings. The second kappa shape index (κ2) is 6.14. The second-order valence-electron chi connectivity index (χ2n) is 3.55. The molecule has 1 rings (SSSR count). The van der Waals surface area contributed by atoms with E-state index in [1.165, 1.54) is 32.9 Å². The van der Waals surface area contributed by atoms with Crippen molar-refractivity contribution in [2.75, 3.05) is 0 Å². The Balaban J connectivity index is 3.35. The maximum Gasteiger partial charge on any atom is 0.308 e. The van der Waals surface area contributed by atoms with Gasteiger partial charge in [0, 0.05) is 20.8 Å². The van der Waals surface area contributed by atoms with E-state index in [0.29, 0.717) is 5.19 Å². The van der Waals surface area contributed by atoms with Crippen molar-refractivity contribution in [3.8, 4) is 17.2 Å². The summed E-state index contributed by atoms with van der Waals surface area (Å²) in [5.41, 5.74) is 0. The van der Waals surface area contributed by atoms with Crippen LogP contribution in [-0.4, -0.2) is 28.2 Å². The first-order valence-electron chi connectivity index (χ1n) is 5.25. The molecule has 0 heterocycles. The van der Waals surface area contributed by atoms with Crippen LogP contribution >= 0.6 is 0 Å². The lowest BCUT2D eigenvalue weighted by Crippen LogP contribution is -2.17. The van der Waals surface area contributed by atoms with Crippen LogP contribution in [0.4, 0.5) is 0 Å². The average molecular weight is 279 g/mol. The molecule has 1 aromatic rings. The van der Waals surface area contributed by atoms with E-state index in [0.717, 1.165) is 0 Å². The number of esters is 3. The van der Waals surface area contributed by atoms with Crippen LogP contribution in [0, 0.1) is 0 Å². The van der Waals surface area contributed by atoms with E-state index in [-0.39, 0.29) is 17.2 Å². The number of rotatable bonds is 3. The minimum Gasteiger partial charge on any atom is -0.423 e. The largest absolute Gasteiger partial charge is 0.423 e. The first-order chi connectivity index (χ1) is 8.81. The van der Waals surface area contributed by atoms with Gasteiger partial charge in [-0.3, -0.25) is 14.4 Å². The van der Waals surface area contributed by atoms with Gasteiger partial charge in [-0.2, -0.15) is 0 Å². The molecule has 3 radical (unpaired) electrons. The minimum atomic E-state index is -0.640. The fourth-order valence-electron chi connectivity index (χ4n) is 1.27. The van der Waals surface area contributed by atoms with Crippen molar-refractivity contribution in [2.45, 2.75) is 20.8 Å². The monoisotopic (exact) mass is 279 g/mol. The lowest BCUT2D eigenvalue weighted by molar-refractivity contribution is -0.135. The highest BCUT2D eigenvalue weighted by Crippen LogP contribution is 2.36. The molecule has 0 N–H and O–H groups in total. The molecule has 19 heavy (non-hydrogen) atoms. The van der Waals surface area contributed by atoms with E-state index in [4.69, 9.17) is 14.2 Å². The van der Waals surface area contributed by atoms with Crippen molar-refractivity contribution < 1.29 is 28.6 Å². The quantitative estimate of drug-likeness (QED) is 0.448. The standard InChI is InChI=1S/C12H11O6Si/c1-6(13)16-9-4-5-10(19)12(18-8(3)15)11(9)17-7(2)14/h4-5H,1-3H3. The molecule has 0 amide bonds. The molecule has 0 bridgehead atoms. The third kappa shape index (κ3) is 4.22. The molecule has 0 aromatic heterocycles. The highest BCUT2D eigenvalue weighted by Gasteiger charge is 2.20. The van der Waals surface area contributed by atoms with E-state index >= 15 is 0 Å². The van der Waals surface area contributed by atoms with Gasteiger partial charge in [0.05, 0.1) is 10.2 Å². The van der Waals surface area contributed by atoms with Gasteiger partial charge in [0.2, 0.25) is 5.75 Å². The normalized spacial score (nSPS) is 9.68. The molecule has 0 unspecified atom stereocenters. The molecule has 0 aliphatic heterocycles. The number of ether oxygens (including phenoxy) is 3. The van der Waals surface area contributed by atoms with E-state index in [1.54, 1.807) is 0 Å². The summed E-state index contributed by atoms with van der Waals surface area (Å²) in [7, 11) is 3.21. The second-order valence-corrected chi connectivity index (χ2v) is 4.09. The maximum absolute atomic E-state index is 11.1. The fraction of sp³-hybridized carbons (Fsp3) is 0.250. The van der Waals surface area contributed by atoms with Crippen molar-refractivity contribution in [1.82, 2.24) is 0 Å². The summed E-state index contributed by atoms with van der Waals surface area (Å²) in [6.07, 6.45) is 0. The zero-order valence-electron chi connectivity index (χ0n) is 10.6. The van der Waals surface area contributed by atoms with E-state index in [1.807, 2.05) is 0 Å². The van der Waals surface area contributed by atoms with Gasteiger partial charge in [-0.05, 0) is 11.3 Å². The molecule has 7 heteroatoms. The number of hydrogen-bond acceptors (Lipinski definition) is 6. The van der Waals surface area contributed by atoms with E-state index < -0.39 is 17.9 Å². The van der Waals surface area contributed by atoms with Gasteiger partial charge in [0.25, 0.3) is 0 Å². The van der Waals surface area contributed by atoms with E-state index in [9.17, 15) is 14.4 Å². The van der Waals surface area contributed by atoms with Crippen LogP contribution in [0.3, 0.4) is 0 Å². The molecule has 0 atom stereocenters. The van der Waals surface area contributed by atoms with Crippen LogP contribution in [0.5, 0.6) is 17.2 Å². The number of carbonyl (C=O) groups excluding carboxylic acids is 3. The summed E-state index contributed by atoms with van der Waals surface area (Å²) < 4.78 is 14.8. The zero-order valence-corrected chi connectivity index (χ0v) is 11.6. The van der Waals surface area contributed by atoms with Crippen molar-refractivity contribution >= 4 is 33.3 Å². The summed E-state index contributed by atoms with van der Waals surface area (Å²) in [5.74, 6) is -2.01. The molecule has 1 aromatic carbocycles. The highest BCUT2D eigenvalue weighted by atomic mass is 28.1. The molecule has 0 saturated carbocycles. The van der Waals surface area contributed by atoms with Crippen LogP contribution in [0.25, 0.3) is 0 Å². The SMILES string of the molecule is CC(=O)Oc1ccc([Si])c(OC(C)=O)c1OC(C)=O. The van der Waals surface area contributed by atoms with Gasteiger partial charge < -0.3 is 14.2 Å². The molecule has 0 saturated heterocycles. The summed E-state index contributed by atoms with van der Waals surface area (Å²) in [4.78, 5) is 33.1. The molecule has 6 nitrogen and oxygen atoms in total. The van der Waals surface area contributed by atoms with Gasteiger partial charge in [0.15, 0.2) is 11.5 Å².